The normalized spacial score (nSPS) is 21.1. The Morgan fingerprint density at radius 2 is 2.28 bits per heavy atom. The van der Waals surface area contributed by atoms with Crippen molar-refractivity contribution in [3.05, 3.63) is 15.6 Å². The molecule has 3 nitrogen and oxygen atoms in total. The van der Waals surface area contributed by atoms with Gasteiger partial charge in [0.15, 0.2) is 0 Å². The van der Waals surface area contributed by atoms with Crippen molar-refractivity contribution in [2.75, 3.05) is 13.7 Å². The Bertz CT molecular complexity index is 389. The molecule has 0 saturated carbocycles. The molecule has 2 unspecified atom stereocenters. The molecule has 1 aromatic heterocycles. The van der Waals surface area contributed by atoms with Gasteiger partial charge in [0, 0.05) is 18.0 Å². The number of fused-ring (bicyclic) bond motifs is 1. The number of rotatable bonds is 5. The number of ether oxygens (including phenoxy) is 1. The fraction of sp³-hybridized carbons (Fsp3) is 0.786. The van der Waals surface area contributed by atoms with E-state index in [4.69, 9.17) is 9.72 Å². The zero-order valence-electron chi connectivity index (χ0n) is 11.8. The molecule has 0 spiro atoms. The van der Waals surface area contributed by atoms with Crippen molar-refractivity contribution in [3.63, 3.8) is 0 Å². The highest BCUT2D eigenvalue weighted by Crippen LogP contribution is 2.38. The third kappa shape index (κ3) is 2.76. The summed E-state index contributed by atoms with van der Waals surface area (Å²) in [5.74, 6) is 0.472. The molecule has 102 valence electrons. The summed E-state index contributed by atoms with van der Waals surface area (Å²) in [5, 5.41) is 4.72. The monoisotopic (exact) mass is 268 g/mol. The summed E-state index contributed by atoms with van der Waals surface area (Å²) in [6.45, 7) is 7.57. The largest absolute Gasteiger partial charge is 0.374 e. The van der Waals surface area contributed by atoms with Gasteiger partial charge in [0.1, 0.15) is 11.1 Å². The summed E-state index contributed by atoms with van der Waals surface area (Å²) in [7, 11) is 1.78. The van der Waals surface area contributed by atoms with Gasteiger partial charge < -0.3 is 10.1 Å². The number of thiazole rings is 1. The lowest BCUT2D eigenvalue weighted by Crippen LogP contribution is -2.23. The van der Waals surface area contributed by atoms with Gasteiger partial charge in [-0.05, 0) is 31.7 Å². The van der Waals surface area contributed by atoms with Crippen LogP contribution in [0, 0.1) is 5.92 Å². The Labute approximate surface area is 114 Å². The predicted molar refractivity (Wildman–Crippen MR) is 76.1 cm³/mol. The van der Waals surface area contributed by atoms with E-state index in [2.05, 4.69) is 26.1 Å². The van der Waals surface area contributed by atoms with Crippen molar-refractivity contribution < 1.29 is 4.74 Å². The van der Waals surface area contributed by atoms with Crippen molar-refractivity contribution in [3.8, 4) is 0 Å². The zero-order valence-corrected chi connectivity index (χ0v) is 12.6. The van der Waals surface area contributed by atoms with E-state index in [0.29, 0.717) is 12.0 Å². The molecule has 1 aromatic rings. The van der Waals surface area contributed by atoms with Crippen molar-refractivity contribution in [1.82, 2.24) is 10.3 Å². The molecule has 18 heavy (non-hydrogen) atoms. The van der Waals surface area contributed by atoms with Crippen LogP contribution in [0.2, 0.25) is 0 Å². The van der Waals surface area contributed by atoms with Crippen LogP contribution in [0.1, 0.15) is 61.3 Å². The van der Waals surface area contributed by atoms with Crippen LogP contribution in [0.5, 0.6) is 0 Å². The van der Waals surface area contributed by atoms with E-state index in [1.54, 1.807) is 7.11 Å². The van der Waals surface area contributed by atoms with Crippen molar-refractivity contribution in [1.29, 1.82) is 0 Å². The molecule has 0 fully saturated rings. The minimum atomic E-state index is 0.142. The van der Waals surface area contributed by atoms with Gasteiger partial charge >= 0.3 is 0 Å². The first-order valence-electron chi connectivity index (χ1n) is 6.93. The van der Waals surface area contributed by atoms with Crippen LogP contribution in [-0.2, 0) is 11.2 Å². The van der Waals surface area contributed by atoms with Gasteiger partial charge in [-0.15, -0.1) is 11.3 Å². The van der Waals surface area contributed by atoms with E-state index >= 15 is 0 Å². The Hall–Kier alpha value is -0.450. The van der Waals surface area contributed by atoms with Gasteiger partial charge in [-0.25, -0.2) is 4.98 Å². The number of methoxy groups -OCH3 is 1. The summed E-state index contributed by atoms with van der Waals surface area (Å²) in [5.41, 5.74) is 1.30. The molecule has 1 aliphatic rings. The number of nitrogens with zero attached hydrogens (tertiary/aromatic N) is 1. The molecule has 2 atom stereocenters. The molecule has 0 bridgehead atoms. The van der Waals surface area contributed by atoms with E-state index in [-0.39, 0.29) is 6.10 Å². The summed E-state index contributed by atoms with van der Waals surface area (Å²) < 4.78 is 5.60. The van der Waals surface area contributed by atoms with Gasteiger partial charge in [0.05, 0.1) is 5.69 Å². The summed E-state index contributed by atoms with van der Waals surface area (Å²) in [4.78, 5) is 6.27. The summed E-state index contributed by atoms with van der Waals surface area (Å²) in [6.07, 6.45) is 3.75. The smallest absolute Gasteiger partial charge is 0.122 e. The Morgan fingerprint density at radius 1 is 1.50 bits per heavy atom. The lowest BCUT2D eigenvalue weighted by molar-refractivity contribution is 0.0643. The van der Waals surface area contributed by atoms with Crippen LogP contribution in [0.3, 0.4) is 0 Å². The fourth-order valence-corrected chi connectivity index (χ4v) is 4.13. The van der Waals surface area contributed by atoms with Gasteiger partial charge in [0.25, 0.3) is 0 Å². The lowest BCUT2D eigenvalue weighted by Gasteiger charge is -2.21. The first kappa shape index (κ1) is 14.0. The molecule has 0 saturated heterocycles. The number of nitrogens with one attached hydrogen (secondary N) is 1. The van der Waals surface area contributed by atoms with E-state index in [1.165, 1.54) is 23.4 Å². The highest BCUT2D eigenvalue weighted by Gasteiger charge is 2.27. The van der Waals surface area contributed by atoms with E-state index in [9.17, 15) is 0 Å². The molecule has 1 heterocycles. The quantitative estimate of drug-likeness (QED) is 0.888. The maximum atomic E-state index is 5.60. The van der Waals surface area contributed by atoms with Gasteiger partial charge in [-0.3, -0.25) is 0 Å². The fourth-order valence-electron chi connectivity index (χ4n) is 2.66. The third-order valence-corrected chi connectivity index (χ3v) is 4.79. The standard InChI is InChI=1S/C14H24N2OS/c1-5-15-10-7-6-8-11-13(10)18-14(16-11)12(17-4)9(2)3/h9-10,12,15H,5-8H2,1-4H3. The van der Waals surface area contributed by atoms with Gasteiger partial charge in [0.2, 0.25) is 0 Å². The van der Waals surface area contributed by atoms with E-state index in [1.807, 2.05) is 11.3 Å². The highest BCUT2D eigenvalue weighted by molar-refractivity contribution is 7.11. The van der Waals surface area contributed by atoms with Crippen molar-refractivity contribution >= 4 is 11.3 Å². The second-order valence-electron chi connectivity index (χ2n) is 5.27. The molecule has 0 radical (unpaired) electrons. The third-order valence-electron chi connectivity index (χ3n) is 3.52. The molecule has 0 aromatic carbocycles. The second kappa shape index (κ2) is 6.13. The molecule has 4 heteroatoms. The number of hydrogen-bond donors (Lipinski definition) is 1. The molecule has 1 aliphatic carbocycles. The van der Waals surface area contributed by atoms with Crippen LogP contribution >= 0.6 is 11.3 Å². The predicted octanol–water partition coefficient (Wildman–Crippen LogP) is 3.47. The van der Waals surface area contributed by atoms with Gasteiger partial charge in [-0.1, -0.05) is 20.8 Å². The minimum Gasteiger partial charge on any atom is -0.374 e. The molecular formula is C14H24N2OS. The lowest BCUT2D eigenvalue weighted by atomic mass is 9.98. The van der Waals surface area contributed by atoms with Crippen LogP contribution < -0.4 is 5.32 Å². The Kier molecular flexibility index (Phi) is 4.76. The Morgan fingerprint density at radius 3 is 2.89 bits per heavy atom. The maximum Gasteiger partial charge on any atom is 0.122 e. The average Bonchev–Trinajstić information content (AvgIpc) is 2.74. The van der Waals surface area contributed by atoms with E-state index in [0.717, 1.165) is 18.0 Å². The van der Waals surface area contributed by atoms with E-state index < -0.39 is 0 Å². The first-order chi connectivity index (χ1) is 8.67. The minimum absolute atomic E-state index is 0.142. The zero-order chi connectivity index (χ0) is 13.1. The highest BCUT2D eigenvalue weighted by atomic mass is 32.1. The van der Waals surface area contributed by atoms with Crippen molar-refractivity contribution in [2.45, 2.75) is 52.2 Å². The number of hydrogen-bond acceptors (Lipinski definition) is 4. The van der Waals surface area contributed by atoms with Crippen molar-refractivity contribution in [2.24, 2.45) is 5.92 Å². The molecule has 0 amide bonds. The molecule has 1 N–H and O–H groups in total. The summed E-state index contributed by atoms with van der Waals surface area (Å²) >= 11 is 1.85. The molecule has 2 rings (SSSR count). The van der Waals surface area contributed by atoms with Crippen LogP contribution in [0.4, 0.5) is 0 Å². The molecular weight excluding hydrogens is 244 g/mol. The molecule has 0 aliphatic heterocycles. The number of aryl methyl sites for hydroxylation is 1. The SMILES string of the molecule is CCNC1CCCc2nc(C(OC)C(C)C)sc21. The Balaban J connectivity index is 2.26. The number of aromatic nitrogens is 1. The second-order valence-corrected chi connectivity index (χ2v) is 6.33. The first-order valence-corrected chi connectivity index (χ1v) is 7.74. The average molecular weight is 268 g/mol. The van der Waals surface area contributed by atoms with Crippen LogP contribution in [0.25, 0.3) is 0 Å². The van der Waals surface area contributed by atoms with Crippen LogP contribution in [0.15, 0.2) is 0 Å². The summed E-state index contributed by atoms with van der Waals surface area (Å²) in [6, 6.07) is 0.509. The maximum absolute atomic E-state index is 5.60. The van der Waals surface area contributed by atoms with Crippen LogP contribution in [-0.4, -0.2) is 18.6 Å². The van der Waals surface area contributed by atoms with Gasteiger partial charge in [-0.2, -0.15) is 0 Å². The topological polar surface area (TPSA) is 34.2 Å².